The smallest absolute Gasteiger partial charge is 0.225 e. The number of piperidine rings is 1. The van der Waals surface area contributed by atoms with Crippen molar-refractivity contribution in [2.75, 3.05) is 32.7 Å². The summed E-state index contributed by atoms with van der Waals surface area (Å²) in [7, 11) is 0. The zero-order chi connectivity index (χ0) is 18.5. The summed E-state index contributed by atoms with van der Waals surface area (Å²) in [4.78, 5) is 30.5. The molecule has 1 aromatic rings. The summed E-state index contributed by atoms with van der Waals surface area (Å²) in [5.74, 6) is 0.430. The number of thiophene rings is 1. The van der Waals surface area contributed by atoms with E-state index in [4.69, 9.17) is 0 Å². The lowest BCUT2D eigenvalue weighted by atomic mass is 9.95. The average Bonchev–Trinajstić information content (AvgIpc) is 3.35. The van der Waals surface area contributed by atoms with Crippen LogP contribution in [0.4, 0.5) is 0 Å². The van der Waals surface area contributed by atoms with Crippen molar-refractivity contribution in [3.8, 4) is 0 Å². The van der Waals surface area contributed by atoms with Crippen LogP contribution in [0.3, 0.4) is 0 Å². The van der Waals surface area contributed by atoms with Crippen LogP contribution < -0.4 is 5.32 Å². The number of likely N-dealkylation sites (tertiary alicyclic amines) is 2. The van der Waals surface area contributed by atoms with Gasteiger partial charge in [0, 0.05) is 36.3 Å². The molecule has 2 aliphatic rings. The number of hydrogen-bond donors (Lipinski definition) is 1. The Balaban J connectivity index is 1.50. The standard InChI is InChI=1S/C20H31N3O2S/c1-15(2)20(25)23-11-7-16(8-12-23)19(24)21-14-17(18-6-5-13-26-18)22-9-3-4-10-22/h5-6,13,15-17H,3-4,7-12,14H2,1-2H3,(H,21,24). The minimum atomic E-state index is 0.0346. The fraction of sp³-hybridized carbons (Fsp3) is 0.700. The van der Waals surface area contributed by atoms with E-state index in [1.807, 2.05) is 18.7 Å². The predicted octanol–water partition coefficient (Wildman–Crippen LogP) is 2.90. The Morgan fingerprint density at radius 3 is 2.46 bits per heavy atom. The molecule has 0 spiro atoms. The lowest BCUT2D eigenvalue weighted by molar-refractivity contribution is -0.138. The number of nitrogens with zero attached hydrogens (tertiary/aromatic N) is 2. The molecular weight excluding hydrogens is 346 g/mol. The van der Waals surface area contributed by atoms with Gasteiger partial charge in [-0.1, -0.05) is 19.9 Å². The molecular formula is C20H31N3O2S. The molecule has 1 N–H and O–H groups in total. The van der Waals surface area contributed by atoms with Gasteiger partial charge in [0.2, 0.25) is 11.8 Å². The van der Waals surface area contributed by atoms with Crippen molar-refractivity contribution in [2.24, 2.45) is 11.8 Å². The molecule has 3 rings (SSSR count). The normalized spacial score (nSPS) is 20.5. The molecule has 26 heavy (non-hydrogen) atoms. The number of carbonyl (C=O) groups excluding carboxylic acids is 2. The Hall–Kier alpha value is -1.40. The van der Waals surface area contributed by atoms with Gasteiger partial charge in [-0.2, -0.15) is 0 Å². The van der Waals surface area contributed by atoms with Crippen molar-refractivity contribution in [3.63, 3.8) is 0 Å². The first-order valence-corrected chi connectivity index (χ1v) is 10.8. The fourth-order valence-electron chi connectivity index (χ4n) is 4.01. The molecule has 1 atom stereocenters. The van der Waals surface area contributed by atoms with Gasteiger partial charge in [-0.3, -0.25) is 14.5 Å². The van der Waals surface area contributed by atoms with Crippen LogP contribution in [0, 0.1) is 11.8 Å². The van der Waals surface area contributed by atoms with Gasteiger partial charge in [-0.05, 0) is 50.2 Å². The molecule has 0 radical (unpaired) electrons. The second-order valence-electron chi connectivity index (χ2n) is 7.77. The topological polar surface area (TPSA) is 52.7 Å². The Kier molecular flexibility index (Phi) is 6.70. The lowest BCUT2D eigenvalue weighted by Crippen LogP contribution is -2.45. The highest BCUT2D eigenvalue weighted by Crippen LogP contribution is 2.28. The Labute approximate surface area is 160 Å². The van der Waals surface area contributed by atoms with Crippen molar-refractivity contribution >= 4 is 23.2 Å². The number of amides is 2. The van der Waals surface area contributed by atoms with Gasteiger partial charge in [0.25, 0.3) is 0 Å². The highest BCUT2D eigenvalue weighted by atomic mass is 32.1. The van der Waals surface area contributed by atoms with Crippen LogP contribution in [-0.4, -0.2) is 54.3 Å². The molecule has 144 valence electrons. The van der Waals surface area contributed by atoms with E-state index in [1.165, 1.54) is 17.7 Å². The summed E-state index contributed by atoms with van der Waals surface area (Å²) in [6, 6.07) is 4.56. The largest absolute Gasteiger partial charge is 0.354 e. The monoisotopic (exact) mass is 377 g/mol. The highest BCUT2D eigenvalue weighted by molar-refractivity contribution is 7.10. The summed E-state index contributed by atoms with van der Waals surface area (Å²) in [6.07, 6.45) is 4.05. The van der Waals surface area contributed by atoms with Gasteiger partial charge >= 0.3 is 0 Å². The summed E-state index contributed by atoms with van der Waals surface area (Å²) in [5, 5.41) is 5.32. The molecule has 0 aromatic carbocycles. The number of nitrogens with one attached hydrogen (secondary N) is 1. The van der Waals surface area contributed by atoms with E-state index >= 15 is 0 Å². The fourth-order valence-corrected chi connectivity index (χ4v) is 4.87. The van der Waals surface area contributed by atoms with Crippen LogP contribution in [0.5, 0.6) is 0 Å². The van der Waals surface area contributed by atoms with Gasteiger partial charge in [-0.15, -0.1) is 11.3 Å². The van der Waals surface area contributed by atoms with Crippen molar-refractivity contribution in [2.45, 2.75) is 45.6 Å². The Bertz CT molecular complexity index is 588. The van der Waals surface area contributed by atoms with Gasteiger partial charge < -0.3 is 10.2 Å². The molecule has 2 aliphatic heterocycles. The van der Waals surface area contributed by atoms with E-state index in [2.05, 4.69) is 27.7 Å². The minimum absolute atomic E-state index is 0.0346. The molecule has 1 unspecified atom stereocenters. The number of rotatable bonds is 6. The molecule has 5 nitrogen and oxygen atoms in total. The molecule has 0 saturated carbocycles. The van der Waals surface area contributed by atoms with E-state index in [-0.39, 0.29) is 23.7 Å². The summed E-state index contributed by atoms with van der Waals surface area (Å²) < 4.78 is 0. The third-order valence-electron chi connectivity index (χ3n) is 5.59. The molecule has 6 heteroatoms. The van der Waals surface area contributed by atoms with Gasteiger partial charge in [0.1, 0.15) is 0 Å². The van der Waals surface area contributed by atoms with Crippen LogP contribution in [0.1, 0.15) is 50.4 Å². The predicted molar refractivity (Wildman–Crippen MR) is 105 cm³/mol. The van der Waals surface area contributed by atoms with Crippen LogP contribution in [0.25, 0.3) is 0 Å². The Morgan fingerprint density at radius 2 is 1.88 bits per heavy atom. The highest BCUT2D eigenvalue weighted by Gasteiger charge is 2.30. The SMILES string of the molecule is CC(C)C(=O)N1CCC(C(=O)NCC(c2cccs2)N2CCCC2)CC1. The molecule has 2 amide bonds. The van der Waals surface area contributed by atoms with E-state index in [9.17, 15) is 9.59 Å². The minimum Gasteiger partial charge on any atom is -0.354 e. The maximum absolute atomic E-state index is 12.7. The molecule has 2 fully saturated rings. The van der Waals surface area contributed by atoms with Crippen LogP contribution in [0.2, 0.25) is 0 Å². The van der Waals surface area contributed by atoms with E-state index < -0.39 is 0 Å². The van der Waals surface area contributed by atoms with E-state index in [0.717, 1.165) is 25.9 Å². The molecule has 1 aromatic heterocycles. The van der Waals surface area contributed by atoms with Crippen molar-refractivity contribution in [1.82, 2.24) is 15.1 Å². The molecule has 0 bridgehead atoms. The third kappa shape index (κ3) is 4.65. The first-order chi connectivity index (χ1) is 12.6. The van der Waals surface area contributed by atoms with Crippen molar-refractivity contribution in [1.29, 1.82) is 0 Å². The first-order valence-electron chi connectivity index (χ1n) is 9.90. The van der Waals surface area contributed by atoms with Gasteiger partial charge in [0.05, 0.1) is 6.04 Å². The quantitative estimate of drug-likeness (QED) is 0.829. The van der Waals surface area contributed by atoms with E-state index in [1.54, 1.807) is 11.3 Å². The first kappa shape index (κ1) is 19.4. The van der Waals surface area contributed by atoms with Crippen LogP contribution in [-0.2, 0) is 9.59 Å². The molecule has 3 heterocycles. The maximum atomic E-state index is 12.7. The second kappa shape index (κ2) is 9.00. The summed E-state index contributed by atoms with van der Waals surface area (Å²) in [5.41, 5.74) is 0. The van der Waals surface area contributed by atoms with Crippen molar-refractivity contribution < 1.29 is 9.59 Å². The van der Waals surface area contributed by atoms with Crippen LogP contribution >= 0.6 is 11.3 Å². The zero-order valence-electron chi connectivity index (χ0n) is 15.9. The maximum Gasteiger partial charge on any atom is 0.225 e. The average molecular weight is 378 g/mol. The second-order valence-corrected chi connectivity index (χ2v) is 8.75. The van der Waals surface area contributed by atoms with Crippen LogP contribution in [0.15, 0.2) is 17.5 Å². The summed E-state index contributed by atoms with van der Waals surface area (Å²) >= 11 is 1.77. The Morgan fingerprint density at radius 1 is 1.19 bits per heavy atom. The summed E-state index contributed by atoms with van der Waals surface area (Å²) in [6.45, 7) is 8.20. The molecule has 2 saturated heterocycles. The molecule has 0 aliphatic carbocycles. The van der Waals surface area contributed by atoms with E-state index in [0.29, 0.717) is 25.7 Å². The van der Waals surface area contributed by atoms with Crippen molar-refractivity contribution in [3.05, 3.63) is 22.4 Å². The third-order valence-corrected chi connectivity index (χ3v) is 6.57. The number of carbonyl (C=O) groups is 2. The zero-order valence-corrected chi connectivity index (χ0v) is 16.8. The number of hydrogen-bond acceptors (Lipinski definition) is 4. The van der Waals surface area contributed by atoms with Gasteiger partial charge in [-0.25, -0.2) is 0 Å². The van der Waals surface area contributed by atoms with Gasteiger partial charge in [0.15, 0.2) is 0 Å². The lowest BCUT2D eigenvalue weighted by Gasteiger charge is -2.33.